The van der Waals surface area contributed by atoms with Crippen LogP contribution in [0.25, 0.3) is 0 Å². The van der Waals surface area contributed by atoms with Gasteiger partial charge in [0, 0.05) is 38.3 Å². The standard InChI is InChI=1S/C21H36N4O2/c1-6-22-21(24-13-19-9-8-16(2)12-20(19)26-5)23-10-7-11-25-14-17(3)27-18(4)15-25/h8-9,12,17-18H,6-7,10-11,13-15H2,1-5H3,(H2,22,23,24). The normalized spacial score (nSPS) is 21.1. The van der Waals surface area contributed by atoms with E-state index in [4.69, 9.17) is 14.5 Å². The zero-order valence-electron chi connectivity index (χ0n) is 17.5. The minimum Gasteiger partial charge on any atom is -0.496 e. The maximum Gasteiger partial charge on any atom is 0.191 e. The molecule has 0 radical (unpaired) electrons. The van der Waals surface area contributed by atoms with Crippen molar-refractivity contribution in [2.24, 2.45) is 4.99 Å². The number of methoxy groups -OCH3 is 1. The number of hydrogen-bond donors (Lipinski definition) is 2. The predicted molar refractivity (Wildman–Crippen MR) is 112 cm³/mol. The third kappa shape index (κ3) is 7.39. The second-order valence-electron chi connectivity index (χ2n) is 7.31. The van der Waals surface area contributed by atoms with Crippen LogP contribution in [0.15, 0.2) is 23.2 Å². The number of ether oxygens (including phenoxy) is 2. The summed E-state index contributed by atoms with van der Waals surface area (Å²) in [6.45, 7) is 13.9. The van der Waals surface area contributed by atoms with Crippen LogP contribution in [0.3, 0.4) is 0 Å². The van der Waals surface area contributed by atoms with E-state index in [1.165, 1.54) is 5.56 Å². The van der Waals surface area contributed by atoms with Crippen LogP contribution in [-0.4, -0.2) is 62.9 Å². The summed E-state index contributed by atoms with van der Waals surface area (Å²) in [6, 6.07) is 6.23. The highest BCUT2D eigenvalue weighted by Gasteiger charge is 2.21. The van der Waals surface area contributed by atoms with Crippen LogP contribution in [0.4, 0.5) is 0 Å². The van der Waals surface area contributed by atoms with Crippen molar-refractivity contribution in [3.05, 3.63) is 29.3 Å². The number of aliphatic imine (C=N–C) groups is 1. The summed E-state index contributed by atoms with van der Waals surface area (Å²) >= 11 is 0. The van der Waals surface area contributed by atoms with Gasteiger partial charge in [-0.3, -0.25) is 4.90 Å². The molecule has 2 atom stereocenters. The van der Waals surface area contributed by atoms with Crippen molar-refractivity contribution < 1.29 is 9.47 Å². The molecule has 2 rings (SSSR count). The first kappa shape index (κ1) is 21.5. The summed E-state index contributed by atoms with van der Waals surface area (Å²) in [5.74, 6) is 1.74. The van der Waals surface area contributed by atoms with Crippen molar-refractivity contribution in [1.82, 2.24) is 15.5 Å². The number of benzene rings is 1. The lowest BCUT2D eigenvalue weighted by Crippen LogP contribution is -2.46. The quantitative estimate of drug-likeness (QED) is 0.415. The Labute approximate surface area is 164 Å². The van der Waals surface area contributed by atoms with Crippen molar-refractivity contribution in [2.75, 3.05) is 39.8 Å². The van der Waals surface area contributed by atoms with Gasteiger partial charge in [0.05, 0.1) is 25.9 Å². The Balaban J connectivity index is 1.81. The smallest absolute Gasteiger partial charge is 0.191 e. The number of hydrogen-bond acceptors (Lipinski definition) is 4. The zero-order chi connectivity index (χ0) is 19.6. The van der Waals surface area contributed by atoms with Gasteiger partial charge in [0.2, 0.25) is 0 Å². The van der Waals surface area contributed by atoms with E-state index in [2.05, 4.69) is 61.4 Å². The van der Waals surface area contributed by atoms with E-state index >= 15 is 0 Å². The van der Waals surface area contributed by atoms with Gasteiger partial charge in [-0.15, -0.1) is 0 Å². The second-order valence-corrected chi connectivity index (χ2v) is 7.31. The highest BCUT2D eigenvalue weighted by atomic mass is 16.5. The number of nitrogens with one attached hydrogen (secondary N) is 2. The zero-order valence-corrected chi connectivity index (χ0v) is 17.5. The molecule has 0 aliphatic carbocycles. The van der Waals surface area contributed by atoms with E-state index < -0.39 is 0 Å². The summed E-state index contributed by atoms with van der Waals surface area (Å²) in [4.78, 5) is 7.20. The minimum absolute atomic E-state index is 0.324. The lowest BCUT2D eigenvalue weighted by Gasteiger charge is -2.35. The van der Waals surface area contributed by atoms with Gasteiger partial charge in [0.1, 0.15) is 5.75 Å². The van der Waals surface area contributed by atoms with E-state index in [9.17, 15) is 0 Å². The van der Waals surface area contributed by atoms with E-state index in [1.54, 1.807) is 7.11 Å². The molecule has 152 valence electrons. The molecule has 1 aliphatic rings. The van der Waals surface area contributed by atoms with Gasteiger partial charge in [0.25, 0.3) is 0 Å². The average Bonchev–Trinajstić information content (AvgIpc) is 2.63. The first-order chi connectivity index (χ1) is 13.0. The molecule has 1 heterocycles. The molecule has 6 heteroatoms. The maximum absolute atomic E-state index is 5.80. The van der Waals surface area contributed by atoms with Crippen molar-refractivity contribution in [1.29, 1.82) is 0 Å². The molecular formula is C21H36N4O2. The predicted octanol–water partition coefficient (Wildman–Crippen LogP) is 2.56. The molecule has 6 nitrogen and oxygen atoms in total. The van der Waals surface area contributed by atoms with Gasteiger partial charge in [-0.1, -0.05) is 12.1 Å². The van der Waals surface area contributed by atoms with E-state index in [1.807, 2.05) is 0 Å². The minimum atomic E-state index is 0.324. The van der Waals surface area contributed by atoms with E-state index in [-0.39, 0.29) is 0 Å². The van der Waals surface area contributed by atoms with Crippen molar-refractivity contribution in [3.8, 4) is 5.75 Å². The van der Waals surface area contributed by atoms with Crippen LogP contribution in [0, 0.1) is 6.92 Å². The van der Waals surface area contributed by atoms with E-state index in [0.717, 1.165) is 56.4 Å². The fourth-order valence-corrected chi connectivity index (χ4v) is 3.46. The Morgan fingerprint density at radius 3 is 2.67 bits per heavy atom. The fraction of sp³-hybridized carbons (Fsp3) is 0.667. The fourth-order valence-electron chi connectivity index (χ4n) is 3.46. The number of guanidine groups is 1. The molecule has 0 spiro atoms. The van der Waals surface area contributed by atoms with Crippen LogP contribution in [0.2, 0.25) is 0 Å². The molecule has 0 bridgehead atoms. The third-order valence-corrected chi connectivity index (χ3v) is 4.63. The molecule has 0 amide bonds. The Morgan fingerprint density at radius 2 is 2.00 bits per heavy atom. The Bertz CT molecular complexity index is 596. The van der Waals surface area contributed by atoms with Gasteiger partial charge < -0.3 is 20.1 Å². The topological polar surface area (TPSA) is 58.1 Å². The molecular weight excluding hydrogens is 340 g/mol. The molecule has 1 saturated heterocycles. The van der Waals surface area contributed by atoms with Crippen molar-refractivity contribution in [3.63, 3.8) is 0 Å². The first-order valence-electron chi connectivity index (χ1n) is 10.0. The summed E-state index contributed by atoms with van der Waals surface area (Å²) in [5, 5.41) is 6.76. The lowest BCUT2D eigenvalue weighted by atomic mass is 10.1. The number of nitrogens with zero attached hydrogens (tertiary/aromatic N) is 2. The number of rotatable bonds is 8. The van der Waals surface area contributed by atoms with Crippen LogP contribution in [0.1, 0.15) is 38.3 Å². The highest BCUT2D eigenvalue weighted by Crippen LogP contribution is 2.20. The summed E-state index contributed by atoms with van der Waals surface area (Å²) in [5.41, 5.74) is 2.29. The highest BCUT2D eigenvalue weighted by molar-refractivity contribution is 5.79. The van der Waals surface area contributed by atoms with Crippen LogP contribution >= 0.6 is 0 Å². The average molecular weight is 377 g/mol. The summed E-state index contributed by atoms with van der Waals surface area (Å²) in [7, 11) is 1.71. The largest absolute Gasteiger partial charge is 0.496 e. The van der Waals surface area contributed by atoms with Gasteiger partial charge >= 0.3 is 0 Å². The van der Waals surface area contributed by atoms with E-state index in [0.29, 0.717) is 18.8 Å². The van der Waals surface area contributed by atoms with Crippen molar-refractivity contribution >= 4 is 5.96 Å². The first-order valence-corrected chi connectivity index (χ1v) is 10.0. The van der Waals surface area contributed by atoms with Crippen LogP contribution in [0.5, 0.6) is 5.75 Å². The Morgan fingerprint density at radius 1 is 1.26 bits per heavy atom. The molecule has 2 N–H and O–H groups in total. The van der Waals surface area contributed by atoms with Crippen LogP contribution in [-0.2, 0) is 11.3 Å². The monoisotopic (exact) mass is 376 g/mol. The van der Waals surface area contributed by atoms with Crippen molar-refractivity contribution in [2.45, 2.75) is 52.9 Å². The van der Waals surface area contributed by atoms with Gasteiger partial charge in [-0.2, -0.15) is 0 Å². The molecule has 0 saturated carbocycles. The number of aryl methyl sites for hydroxylation is 1. The summed E-state index contributed by atoms with van der Waals surface area (Å²) < 4.78 is 11.3. The maximum atomic E-state index is 5.80. The molecule has 1 aliphatic heterocycles. The Kier molecular flexibility index (Phi) is 8.88. The molecule has 27 heavy (non-hydrogen) atoms. The molecule has 2 unspecified atom stereocenters. The van der Waals surface area contributed by atoms with Gasteiger partial charge in [0.15, 0.2) is 5.96 Å². The second kappa shape index (κ2) is 11.1. The molecule has 1 fully saturated rings. The van der Waals surface area contributed by atoms with Gasteiger partial charge in [-0.05, 0) is 45.7 Å². The lowest BCUT2D eigenvalue weighted by molar-refractivity contribution is -0.0679. The summed E-state index contributed by atoms with van der Waals surface area (Å²) in [6.07, 6.45) is 1.73. The molecule has 1 aromatic rings. The third-order valence-electron chi connectivity index (χ3n) is 4.63. The number of morpholine rings is 1. The van der Waals surface area contributed by atoms with Crippen LogP contribution < -0.4 is 15.4 Å². The molecule has 1 aromatic carbocycles. The molecule has 0 aromatic heterocycles. The van der Waals surface area contributed by atoms with Gasteiger partial charge in [-0.25, -0.2) is 4.99 Å². The SMILES string of the molecule is CCNC(=NCc1ccc(C)cc1OC)NCCCN1CC(C)OC(C)C1. The Hall–Kier alpha value is -1.79.